The fraction of sp³-hybridized carbons (Fsp3) is 0.515. The number of unbranched alkanes of at least 4 members (excludes halogenated alkanes) is 6. The maximum absolute atomic E-state index is 10.8. The van der Waals surface area contributed by atoms with E-state index < -0.39 is 11.3 Å². The molecular weight excluding hydrogens is 564 g/mol. The predicted molar refractivity (Wildman–Crippen MR) is 171 cm³/mol. The van der Waals surface area contributed by atoms with E-state index in [4.69, 9.17) is 24.5 Å². The Morgan fingerprint density at radius 3 is 1.91 bits per heavy atom. The van der Waals surface area contributed by atoms with Crippen LogP contribution in [0.5, 0.6) is 11.5 Å². The maximum Gasteiger partial charge on any atom is 0.232 e. The van der Waals surface area contributed by atoms with E-state index in [0.717, 1.165) is 63.5 Å². The molecule has 0 spiro atoms. The van der Waals surface area contributed by atoms with Crippen molar-refractivity contribution in [3.8, 4) is 11.5 Å². The fourth-order valence-corrected chi connectivity index (χ4v) is 4.93. The molecule has 0 fully saturated rings. The van der Waals surface area contributed by atoms with Crippen molar-refractivity contribution in [2.75, 3.05) is 26.4 Å². The number of hydrogen-bond donors (Lipinski definition) is 3. The molecule has 1 atom stereocenters. The first-order chi connectivity index (χ1) is 20.9. The van der Waals surface area contributed by atoms with Gasteiger partial charge in [-0.15, -0.1) is 0 Å². The number of aromatic nitrogens is 2. The van der Waals surface area contributed by atoms with Gasteiger partial charge in [0.05, 0.1) is 30.7 Å². The van der Waals surface area contributed by atoms with Crippen molar-refractivity contribution < 1.29 is 23.0 Å². The van der Waals surface area contributed by atoms with E-state index in [1.165, 1.54) is 36.8 Å². The summed E-state index contributed by atoms with van der Waals surface area (Å²) in [6, 6.07) is 16.5. The minimum atomic E-state index is -2.10. The summed E-state index contributed by atoms with van der Waals surface area (Å²) < 4.78 is 39.6. The highest BCUT2D eigenvalue weighted by molar-refractivity contribution is 7.77. The Hall–Kier alpha value is -2.89. The third-order valence-electron chi connectivity index (χ3n) is 7.34. The third kappa shape index (κ3) is 13.1. The highest BCUT2D eigenvalue weighted by atomic mass is 32.2. The Morgan fingerprint density at radius 1 is 0.767 bits per heavy atom. The van der Waals surface area contributed by atoms with Crippen molar-refractivity contribution in [1.29, 1.82) is 0 Å². The number of hydrogen-bond acceptors (Lipinski definition) is 7. The molecule has 1 aromatic heterocycles. The van der Waals surface area contributed by atoms with Crippen LogP contribution in [0.1, 0.15) is 87.7 Å². The number of ether oxygens (including phenoxy) is 3. The van der Waals surface area contributed by atoms with Gasteiger partial charge >= 0.3 is 0 Å². The number of nitrogens with one attached hydrogen (secondary N) is 1. The second-order valence-corrected chi connectivity index (χ2v) is 11.9. The van der Waals surface area contributed by atoms with Crippen LogP contribution in [-0.2, 0) is 34.6 Å². The van der Waals surface area contributed by atoms with E-state index in [-0.39, 0.29) is 18.6 Å². The van der Waals surface area contributed by atoms with Crippen molar-refractivity contribution in [2.24, 2.45) is 5.73 Å². The van der Waals surface area contributed by atoms with Crippen molar-refractivity contribution in [3.05, 3.63) is 83.4 Å². The highest BCUT2D eigenvalue weighted by Gasteiger charge is 2.23. The van der Waals surface area contributed by atoms with Gasteiger partial charge in [0.2, 0.25) is 11.3 Å². The zero-order valence-electron chi connectivity index (χ0n) is 25.6. The van der Waals surface area contributed by atoms with Gasteiger partial charge in [0.1, 0.15) is 18.1 Å². The van der Waals surface area contributed by atoms with Gasteiger partial charge in [-0.1, -0.05) is 63.8 Å². The SMILES string of the molecule is CC(C)(c1ccc(OCCCCCCCCOCCCCN)cc1)c1ccc(OCc2cncc(CNS(=O)O)n2)cc1. The van der Waals surface area contributed by atoms with Crippen molar-refractivity contribution in [1.82, 2.24) is 14.7 Å². The standard InChI is InChI=1S/C33H48N4O5S/c1-33(2,28-13-17-32(18-14-28)42-26-30-24-35-23-29(37-30)25-36-43(38)39)27-11-15-31(16-12-27)41-22-9-6-4-3-5-8-20-40-21-10-7-19-34/h11-18,23-24,36H,3-10,19-22,25-26,34H2,1-2H3,(H,38,39). The predicted octanol–water partition coefficient (Wildman–Crippen LogP) is 6.08. The maximum atomic E-state index is 10.8. The topological polar surface area (TPSA) is 129 Å². The second-order valence-electron chi connectivity index (χ2n) is 11.1. The molecule has 1 unspecified atom stereocenters. The molecule has 0 amide bonds. The molecule has 0 aliphatic rings. The zero-order valence-corrected chi connectivity index (χ0v) is 26.4. The number of nitrogens with zero attached hydrogens (tertiary/aromatic N) is 2. The van der Waals surface area contributed by atoms with E-state index in [2.05, 4.69) is 64.9 Å². The smallest absolute Gasteiger partial charge is 0.232 e. The average molecular weight is 613 g/mol. The first-order valence-corrected chi connectivity index (χ1v) is 16.4. The lowest BCUT2D eigenvalue weighted by atomic mass is 9.78. The van der Waals surface area contributed by atoms with Crippen LogP contribution in [0.3, 0.4) is 0 Å². The van der Waals surface area contributed by atoms with Crippen LogP contribution in [0.4, 0.5) is 0 Å². The number of rotatable bonds is 22. The molecule has 3 rings (SSSR count). The minimum absolute atomic E-state index is 0.148. The Balaban J connectivity index is 1.35. The fourth-order valence-electron chi connectivity index (χ4n) is 4.66. The summed E-state index contributed by atoms with van der Waals surface area (Å²) >= 11 is -2.10. The molecule has 1 heterocycles. The summed E-state index contributed by atoms with van der Waals surface area (Å²) in [5.74, 6) is 1.64. The Kier molecular flexibility index (Phi) is 15.6. The van der Waals surface area contributed by atoms with Gasteiger partial charge in [-0.3, -0.25) is 9.54 Å². The summed E-state index contributed by atoms with van der Waals surface area (Å²) in [6.07, 6.45) is 12.4. The molecule has 0 aliphatic carbocycles. The molecule has 236 valence electrons. The highest BCUT2D eigenvalue weighted by Crippen LogP contribution is 2.33. The minimum Gasteiger partial charge on any atom is -0.494 e. The Morgan fingerprint density at radius 2 is 1.30 bits per heavy atom. The number of benzene rings is 2. The van der Waals surface area contributed by atoms with Gasteiger partial charge in [-0.25, -0.2) is 13.9 Å². The van der Waals surface area contributed by atoms with E-state index in [1.807, 2.05) is 12.1 Å². The molecule has 2 aromatic carbocycles. The van der Waals surface area contributed by atoms with Gasteiger partial charge in [-0.2, -0.15) is 0 Å². The molecule has 0 bridgehead atoms. The lowest BCUT2D eigenvalue weighted by Crippen LogP contribution is -2.18. The van der Waals surface area contributed by atoms with Crippen LogP contribution in [0.25, 0.3) is 0 Å². The molecule has 10 heteroatoms. The largest absolute Gasteiger partial charge is 0.494 e. The van der Waals surface area contributed by atoms with E-state index in [0.29, 0.717) is 11.4 Å². The molecule has 0 radical (unpaired) electrons. The third-order valence-corrected chi connectivity index (χ3v) is 7.74. The zero-order chi connectivity index (χ0) is 30.8. The molecule has 4 N–H and O–H groups in total. The molecular formula is C33H48N4O5S. The number of nitrogens with two attached hydrogens (primary N) is 1. The van der Waals surface area contributed by atoms with E-state index in [9.17, 15) is 4.21 Å². The monoisotopic (exact) mass is 612 g/mol. The van der Waals surface area contributed by atoms with Crippen LogP contribution in [-0.4, -0.2) is 45.1 Å². The average Bonchev–Trinajstić information content (AvgIpc) is 3.02. The van der Waals surface area contributed by atoms with Crippen molar-refractivity contribution in [3.63, 3.8) is 0 Å². The lowest BCUT2D eigenvalue weighted by Gasteiger charge is -2.26. The summed E-state index contributed by atoms with van der Waals surface area (Å²) in [6.45, 7) is 8.01. The van der Waals surface area contributed by atoms with Crippen molar-refractivity contribution in [2.45, 2.75) is 83.8 Å². The Bertz CT molecular complexity index is 1210. The van der Waals surface area contributed by atoms with Crippen LogP contribution >= 0.6 is 0 Å². The molecule has 0 saturated heterocycles. The summed E-state index contributed by atoms with van der Waals surface area (Å²) in [7, 11) is 0. The van der Waals surface area contributed by atoms with Crippen LogP contribution in [0.15, 0.2) is 60.9 Å². The van der Waals surface area contributed by atoms with Gasteiger partial charge in [0.15, 0.2) is 0 Å². The molecule has 43 heavy (non-hydrogen) atoms. The van der Waals surface area contributed by atoms with Gasteiger partial charge in [0, 0.05) is 24.8 Å². The van der Waals surface area contributed by atoms with Crippen molar-refractivity contribution >= 4 is 11.3 Å². The first kappa shape index (κ1) is 34.6. The van der Waals surface area contributed by atoms with Crippen LogP contribution < -0.4 is 19.9 Å². The second kappa shape index (κ2) is 19.4. The molecule has 3 aromatic rings. The molecule has 0 saturated carbocycles. The normalized spacial score (nSPS) is 12.3. The molecule has 0 aliphatic heterocycles. The lowest BCUT2D eigenvalue weighted by molar-refractivity contribution is 0.126. The quantitative estimate of drug-likeness (QED) is 0.0920. The van der Waals surface area contributed by atoms with Gasteiger partial charge < -0.3 is 19.9 Å². The summed E-state index contributed by atoms with van der Waals surface area (Å²) in [4.78, 5) is 8.53. The Labute approximate surface area is 259 Å². The van der Waals surface area contributed by atoms with E-state index >= 15 is 0 Å². The van der Waals surface area contributed by atoms with Gasteiger partial charge in [0.25, 0.3) is 0 Å². The van der Waals surface area contributed by atoms with Gasteiger partial charge in [-0.05, 0) is 67.6 Å². The first-order valence-electron chi connectivity index (χ1n) is 15.3. The van der Waals surface area contributed by atoms with E-state index in [1.54, 1.807) is 12.4 Å². The summed E-state index contributed by atoms with van der Waals surface area (Å²) in [5.41, 5.74) is 8.89. The van der Waals surface area contributed by atoms with Crippen LogP contribution in [0, 0.1) is 0 Å². The molecule has 9 nitrogen and oxygen atoms in total. The summed E-state index contributed by atoms with van der Waals surface area (Å²) in [5, 5.41) is 0. The van der Waals surface area contributed by atoms with Crippen LogP contribution in [0.2, 0.25) is 0 Å².